The number of rotatable bonds is 6. The topological polar surface area (TPSA) is 90.0 Å². The predicted octanol–water partition coefficient (Wildman–Crippen LogP) is 3.32. The third-order valence-corrected chi connectivity index (χ3v) is 5.20. The Kier molecular flexibility index (Phi) is 6.35. The molecule has 150 valence electrons. The Morgan fingerprint density at radius 2 is 1.96 bits per heavy atom. The molecule has 0 unspecified atom stereocenters. The molecule has 2 heterocycles. The monoisotopic (exact) mass is 405 g/mol. The molecule has 0 bridgehead atoms. The highest BCUT2D eigenvalue weighted by molar-refractivity contribution is 7.15. The summed E-state index contributed by atoms with van der Waals surface area (Å²) in [7, 11) is 1.30. The van der Waals surface area contributed by atoms with Gasteiger partial charge in [0.15, 0.2) is 16.6 Å². The molecule has 1 N–H and O–H groups in total. The minimum atomic E-state index is -0.558. The first-order valence-corrected chi connectivity index (χ1v) is 9.89. The van der Waals surface area contributed by atoms with E-state index in [9.17, 15) is 9.59 Å². The van der Waals surface area contributed by atoms with E-state index in [1.54, 1.807) is 23.1 Å². The Hall–Kier alpha value is -2.81. The summed E-state index contributed by atoms with van der Waals surface area (Å²) >= 11 is 1.35. The summed E-state index contributed by atoms with van der Waals surface area (Å²) < 4.78 is 15.8. The van der Waals surface area contributed by atoms with E-state index in [1.807, 2.05) is 13.8 Å². The second-order valence-electron chi connectivity index (χ2n) is 6.01. The molecule has 1 aliphatic rings. The van der Waals surface area contributed by atoms with Crippen LogP contribution in [0.3, 0.4) is 0 Å². The highest BCUT2D eigenvalue weighted by Crippen LogP contribution is 2.32. The lowest BCUT2D eigenvalue weighted by Gasteiger charge is -2.26. The maximum Gasteiger partial charge on any atom is 0.413 e. The van der Waals surface area contributed by atoms with Crippen molar-refractivity contribution < 1.29 is 23.8 Å². The number of thiazole rings is 1. The minimum Gasteiger partial charge on any atom is -0.490 e. The van der Waals surface area contributed by atoms with Crippen molar-refractivity contribution in [1.29, 1.82) is 0 Å². The lowest BCUT2D eigenvalue weighted by Crippen LogP contribution is -2.35. The van der Waals surface area contributed by atoms with Gasteiger partial charge < -0.3 is 19.1 Å². The summed E-state index contributed by atoms with van der Waals surface area (Å²) in [4.78, 5) is 31.5. The van der Waals surface area contributed by atoms with Gasteiger partial charge >= 0.3 is 6.09 Å². The van der Waals surface area contributed by atoms with Gasteiger partial charge in [0.25, 0.3) is 5.91 Å². The van der Waals surface area contributed by atoms with Gasteiger partial charge in [-0.15, -0.1) is 0 Å². The zero-order valence-electron chi connectivity index (χ0n) is 16.1. The number of ether oxygens (including phenoxy) is 3. The number of carbonyl (C=O) groups excluding carboxylic acids is 2. The first-order chi connectivity index (χ1) is 13.5. The van der Waals surface area contributed by atoms with E-state index >= 15 is 0 Å². The van der Waals surface area contributed by atoms with Gasteiger partial charge in [-0.3, -0.25) is 10.1 Å². The zero-order valence-corrected chi connectivity index (χ0v) is 16.9. The van der Waals surface area contributed by atoms with Crippen LogP contribution in [0.2, 0.25) is 0 Å². The number of fused-ring (bicyclic) bond motifs is 1. The molecule has 2 aromatic rings. The maximum atomic E-state index is 13.0. The molecule has 28 heavy (non-hydrogen) atoms. The molecule has 3 rings (SSSR count). The van der Waals surface area contributed by atoms with Crippen LogP contribution in [0.5, 0.6) is 11.5 Å². The van der Waals surface area contributed by atoms with Crippen LogP contribution in [-0.4, -0.2) is 48.8 Å². The van der Waals surface area contributed by atoms with Gasteiger partial charge in [0.2, 0.25) is 0 Å². The fourth-order valence-corrected chi connectivity index (χ4v) is 3.94. The molecule has 0 spiro atoms. The third kappa shape index (κ3) is 4.36. The van der Waals surface area contributed by atoms with E-state index in [0.717, 1.165) is 10.6 Å². The van der Waals surface area contributed by atoms with Gasteiger partial charge in [0, 0.05) is 23.4 Å². The van der Waals surface area contributed by atoms with Crippen LogP contribution >= 0.6 is 11.3 Å². The fourth-order valence-electron chi connectivity index (χ4n) is 2.93. The molecule has 0 fully saturated rings. The van der Waals surface area contributed by atoms with Crippen molar-refractivity contribution in [1.82, 2.24) is 9.88 Å². The summed E-state index contributed by atoms with van der Waals surface area (Å²) in [6.45, 7) is 5.81. The average Bonchev–Trinajstić information content (AvgIpc) is 3.10. The van der Waals surface area contributed by atoms with Crippen molar-refractivity contribution in [2.45, 2.75) is 26.8 Å². The standard InChI is InChI=1S/C19H23N3O5S/c1-4-26-14-7-6-12(10-15(14)27-5-2)17(23)22-9-8-13-16(11-22)28-18(20-13)21-19(24)25-3/h6-7,10H,4-5,8-9,11H2,1-3H3,(H,20,21,24). The number of nitrogens with one attached hydrogen (secondary N) is 1. The molecular formula is C19H23N3O5S. The second kappa shape index (κ2) is 8.92. The molecule has 1 aromatic heterocycles. The largest absolute Gasteiger partial charge is 0.490 e. The Morgan fingerprint density at radius 1 is 1.21 bits per heavy atom. The molecule has 9 heteroatoms. The summed E-state index contributed by atoms with van der Waals surface area (Å²) in [5, 5.41) is 3.05. The first kappa shape index (κ1) is 19.9. The van der Waals surface area contributed by atoms with Crippen LogP contribution in [0.1, 0.15) is 34.8 Å². The predicted molar refractivity (Wildman–Crippen MR) is 105 cm³/mol. The van der Waals surface area contributed by atoms with Crippen molar-refractivity contribution in [2.75, 3.05) is 32.2 Å². The number of hydrogen-bond acceptors (Lipinski definition) is 7. The van der Waals surface area contributed by atoms with E-state index in [1.165, 1.54) is 18.4 Å². The van der Waals surface area contributed by atoms with Crippen molar-refractivity contribution >= 4 is 28.5 Å². The first-order valence-electron chi connectivity index (χ1n) is 9.08. The van der Waals surface area contributed by atoms with E-state index in [0.29, 0.717) is 54.9 Å². The van der Waals surface area contributed by atoms with Gasteiger partial charge in [0.1, 0.15) is 0 Å². The molecule has 0 saturated carbocycles. The Balaban J connectivity index is 1.75. The van der Waals surface area contributed by atoms with Crippen LogP contribution in [0.4, 0.5) is 9.93 Å². The molecule has 2 amide bonds. The number of aromatic nitrogens is 1. The van der Waals surface area contributed by atoms with Crippen molar-refractivity contribution in [3.63, 3.8) is 0 Å². The fraction of sp³-hybridized carbons (Fsp3) is 0.421. The summed E-state index contributed by atoms with van der Waals surface area (Å²) in [5.41, 5.74) is 1.45. The maximum absolute atomic E-state index is 13.0. The molecule has 1 aliphatic heterocycles. The molecule has 0 saturated heterocycles. The lowest BCUT2D eigenvalue weighted by molar-refractivity contribution is 0.0735. The van der Waals surface area contributed by atoms with E-state index in [-0.39, 0.29) is 5.91 Å². The van der Waals surface area contributed by atoms with Crippen LogP contribution < -0.4 is 14.8 Å². The Bertz CT molecular complexity index is 867. The number of anilines is 1. The lowest BCUT2D eigenvalue weighted by atomic mass is 10.1. The smallest absolute Gasteiger partial charge is 0.413 e. The molecular weight excluding hydrogens is 382 g/mol. The molecule has 0 aliphatic carbocycles. The van der Waals surface area contributed by atoms with Crippen LogP contribution in [0, 0.1) is 0 Å². The highest BCUT2D eigenvalue weighted by Gasteiger charge is 2.26. The number of benzene rings is 1. The zero-order chi connectivity index (χ0) is 20.1. The van der Waals surface area contributed by atoms with Gasteiger partial charge in [-0.05, 0) is 32.0 Å². The number of carbonyl (C=O) groups is 2. The van der Waals surface area contributed by atoms with Crippen LogP contribution in [0.15, 0.2) is 18.2 Å². The summed E-state index contributed by atoms with van der Waals surface area (Å²) in [6, 6.07) is 5.24. The third-order valence-electron chi connectivity index (χ3n) is 4.20. The number of nitrogens with zero attached hydrogens (tertiary/aromatic N) is 2. The Morgan fingerprint density at radius 3 is 2.68 bits per heavy atom. The van der Waals surface area contributed by atoms with Crippen LogP contribution in [0.25, 0.3) is 0 Å². The SMILES string of the molecule is CCOc1ccc(C(=O)N2CCc3nc(NC(=O)OC)sc3C2)cc1OCC. The normalized spacial score (nSPS) is 12.9. The van der Waals surface area contributed by atoms with Gasteiger partial charge in [0.05, 0.1) is 32.6 Å². The van der Waals surface area contributed by atoms with Crippen molar-refractivity contribution in [3.05, 3.63) is 34.3 Å². The van der Waals surface area contributed by atoms with E-state index < -0.39 is 6.09 Å². The molecule has 8 nitrogen and oxygen atoms in total. The molecule has 0 radical (unpaired) electrons. The van der Waals surface area contributed by atoms with Crippen LogP contribution in [-0.2, 0) is 17.7 Å². The number of hydrogen-bond donors (Lipinski definition) is 1. The van der Waals surface area contributed by atoms with Gasteiger partial charge in [-0.25, -0.2) is 9.78 Å². The van der Waals surface area contributed by atoms with Crippen molar-refractivity contribution in [2.24, 2.45) is 0 Å². The van der Waals surface area contributed by atoms with Gasteiger partial charge in [-0.2, -0.15) is 0 Å². The number of amides is 2. The highest BCUT2D eigenvalue weighted by atomic mass is 32.1. The average molecular weight is 405 g/mol. The number of methoxy groups -OCH3 is 1. The Labute approximate surface area is 167 Å². The second-order valence-corrected chi connectivity index (χ2v) is 7.09. The summed E-state index contributed by atoms with van der Waals surface area (Å²) in [6.07, 6.45) is 0.0762. The van der Waals surface area contributed by atoms with E-state index in [2.05, 4.69) is 15.0 Å². The molecule has 1 aromatic carbocycles. The van der Waals surface area contributed by atoms with E-state index in [4.69, 9.17) is 9.47 Å². The van der Waals surface area contributed by atoms with Gasteiger partial charge in [-0.1, -0.05) is 11.3 Å². The van der Waals surface area contributed by atoms with Crippen molar-refractivity contribution in [3.8, 4) is 11.5 Å². The quantitative estimate of drug-likeness (QED) is 0.793. The molecule has 0 atom stereocenters. The summed E-state index contributed by atoms with van der Waals surface area (Å²) in [5.74, 6) is 1.11. The minimum absolute atomic E-state index is 0.0782.